The van der Waals surface area contributed by atoms with Crippen LogP contribution in [0.15, 0.2) is 24.3 Å². The lowest BCUT2D eigenvalue weighted by Crippen LogP contribution is -2.42. The molecule has 0 spiro atoms. The fourth-order valence-corrected chi connectivity index (χ4v) is 2.94. The fourth-order valence-electron chi connectivity index (χ4n) is 2.94. The van der Waals surface area contributed by atoms with Gasteiger partial charge in [0.05, 0.1) is 0 Å². The molecule has 1 heterocycles. The Bertz CT molecular complexity index is 354. The van der Waals surface area contributed by atoms with E-state index in [2.05, 4.69) is 56.9 Å². The fraction of sp³-hybridized carbons (Fsp3) is 0.600. The van der Waals surface area contributed by atoms with Crippen molar-refractivity contribution in [2.24, 2.45) is 5.92 Å². The van der Waals surface area contributed by atoms with Crippen molar-refractivity contribution in [3.05, 3.63) is 35.4 Å². The van der Waals surface area contributed by atoms with Gasteiger partial charge in [-0.25, -0.2) is 0 Å². The Morgan fingerprint density at radius 2 is 1.81 bits per heavy atom. The molecule has 0 amide bonds. The second kappa shape index (κ2) is 4.58. The predicted octanol–water partition coefficient (Wildman–Crippen LogP) is 3.65. The summed E-state index contributed by atoms with van der Waals surface area (Å²) in [4.78, 5) is 2.65. The number of hydrogen-bond acceptors (Lipinski definition) is 1. The van der Waals surface area contributed by atoms with Crippen molar-refractivity contribution in [2.45, 2.75) is 46.2 Å². The van der Waals surface area contributed by atoms with Gasteiger partial charge in [0.25, 0.3) is 0 Å². The zero-order chi connectivity index (χ0) is 11.7. The highest BCUT2D eigenvalue weighted by Gasteiger charge is 2.30. The molecule has 0 N–H and O–H groups in total. The van der Waals surface area contributed by atoms with Crippen molar-refractivity contribution in [1.29, 1.82) is 0 Å². The van der Waals surface area contributed by atoms with Crippen LogP contribution in [0.1, 0.15) is 44.9 Å². The smallest absolute Gasteiger partial charge is 0.0376 e. The number of fused-ring (bicyclic) bond motifs is 1. The lowest BCUT2D eigenvalue weighted by atomic mass is 9.85. The molecule has 0 aliphatic carbocycles. The molecule has 88 valence electrons. The van der Waals surface area contributed by atoms with Gasteiger partial charge in [-0.05, 0) is 37.3 Å². The van der Waals surface area contributed by atoms with Gasteiger partial charge in [-0.3, -0.25) is 4.90 Å². The van der Waals surface area contributed by atoms with Crippen molar-refractivity contribution in [1.82, 2.24) is 4.90 Å². The molecule has 2 rings (SSSR count). The van der Waals surface area contributed by atoms with E-state index in [1.54, 1.807) is 11.1 Å². The zero-order valence-corrected chi connectivity index (χ0v) is 10.9. The lowest BCUT2D eigenvalue weighted by Gasteiger charge is -2.42. The van der Waals surface area contributed by atoms with E-state index in [4.69, 9.17) is 0 Å². The van der Waals surface area contributed by atoms with E-state index in [0.29, 0.717) is 18.0 Å². The molecule has 0 bridgehead atoms. The third-order valence-corrected chi connectivity index (χ3v) is 3.67. The summed E-state index contributed by atoms with van der Waals surface area (Å²) in [6.45, 7) is 10.5. The highest BCUT2D eigenvalue weighted by atomic mass is 15.2. The monoisotopic (exact) mass is 217 g/mol. The van der Waals surface area contributed by atoms with Crippen molar-refractivity contribution >= 4 is 0 Å². The summed E-state index contributed by atoms with van der Waals surface area (Å²) in [7, 11) is 0. The van der Waals surface area contributed by atoms with Gasteiger partial charge < -0.3 is 0 Å². The Morgan fingerprint density at radius 3 is 2.44 bits per heavy atom. The number of hydrogen-bond donors (Lipinski definition) is 0. The summed E-state index contributed by atoms with van der Waals surface area (Å²) < 4.78 is 0. The van der Waals surface area contributed by atoms with Crippen molar-refractivity contribution < 1.29 is 0 Å². The maximum Gasteiger partial charge on any atom is 0.0376 e. The molecule has 1 aliphatic rings. The Hall–Kier alpha value is -0.820. The van der Waals surface area contributed by atoms with Crippen LogP contribution in [-0.2, 0) is 6.42 Å². The molecule has 0 fully saturated rings. The van der Waals surface area contributed by atoms with Crippen LogP contribution in [0.4, 0.5) is 0 Å². The van der Waals surface area contributed by atoms with E-state index < -0.39 is 0 Å². The molecule has 1 aromatic carbocycles. The van der Waals surface area contributed by atoms with E-state index in [1.807, 2.05) is 0 Å². The average Bonchev–Trinajstić information content (AvgIpc) is 2.27. The van der Waals surface area contributed by atoms with Gasteiger partial charge in [0.15, 0.2) is 0 Å². The summed E-state index contributed by atoms with van der Waals surface area (Å²) in [5.41, 5.74) is 3.11. The summed E-state index contributed by atoms with van der Waals surface area (Å²) in [5.74, 6) is 0.684. The molecule has 1 nitrogen and oxygen atoms in total. The first-order chi connectivity index (χ1) is 7.61. The average molecular weight is 217 g/mol. The van der Waals surface area contributed by atoms with Gasteiger partial charge in [0, 0.05) is 18.6 Å². The van der Waals surface area contributed by atoms with E-state index in [1.165, 1.54) is 13.0 Å². The van der Waals surface area contributed by atoms with E-state index in [-0.39, 0.29) is 0 Å². The van der Waals surface area contributed by atoms with Gasteiger partial charge >= 0.3 is 0 Å². The summed E-state index contributed by atoms with van der Waals surface area (Å²) in [6, 6.07) is 10.2. The van der Waals surface area contributed by atoms with Crippen LogP contribution in [0.5, 0.6) is 0 Å². The molecule has 0 saturated heterocycles. The zero-order valence-electron chi connectivity index (χ0n) is 10.9. The van der Waals surface area contributed by atoms with Crippen molar-refractivity contribution in [3.8, 4) is 0 Å². The maximum atomic E-state index is 2.65. The van der Waals surface area contributed by atoms with Crippen LogP contribution in [0, 0.1) is 5.92 Å². The Kier molecular flexibility index (Phi) is 3.34. The highest BCUT2D eigenvalue weighted by Crippen LogP contribution is 2.36. The Balaban J connectivity index is 2.39. The van der Waals surface area contributed by atoms with Crippen LogP contribution < -0.4 is 0 Å². The predicted molar refractivity (Wildman–Crippen MR) is 69.6 cm³/mol. The molecule has 1 heteroatoms. The normalized spacial score (nSPS) is 21.5. The van der Waals surface area contributed by atoms with Crippen LogP contribution in [0.2, 0.25) is 0 Å². The number of rotatable bonds is 2. The van der Waals surface area contributed by atoms with Gasteiger partial charge in [-0.2, -0.15) is 0 Å². The van der Waals surface area contributed by atoms with Gasteiger partial charge in [0.1, 0.15) is 0 Å². The number of benzene rings is 1. The van der Waals surface area contributed by atoms with E-state index in [0.717, 1.165) is 0 Å². The van der Waals surface area contributed by atoms with Gasteiger partial charge in [-0.1, -0.05) is 38.1 Å². The second-order valence-corrected chi connectivity index (χ2v) is 5.47. The molecule has 16 heavy (non-hydrogen) atoms. The molecular weight excluding hydrogens is 194 g/mol. The first-order valence-electron chi connectivity index (χ1n) is 6.44. The summed E-state index contributed by atoms with van der Waals surface area (Å²) in [6.07, 6.45) is 1.21. The maximum absolute atomic E-state index is 2.65. The highest BCUT2D eigenvalue weighted by molar-refractivity contribution is 5.33. The minimum Gasteiger partial charge on any atom is -0.293 e. The molecule has 0 saturated carbocycles. The first-order valence-corrected chi connectivity index (χ1v) is 6.44. The van der Waals surface area contributed by atoms with Crippen molar-refractivity contribution in [3.63, 3.8) is 0 Å². The topological polar surface area (TPSA) is 3.24 Å². The van der Waals surface area contributed by atoms with Gasteiger partial charge in [-0.15, -0.1) is 0 Å². The quantitative estimate of drug-likeness (QED) is 0.731. The number of nitrogens with zero attached hydrogens (tertiary/aromatic N) is 1. The standard InChI is InChI=1S/C15H23N/c1-11(2)15-14-8-6-5-7-13(14)9-10-16(15)12(3)4/h5-8,11-12,15H,9-10H2,1-4H3. The summed E-state index contributed by atoms with van der Waals surface area (Å²) in [5, 5.41) is 0. The van der Waals surface area contributed by atoms with Crippen LogP contribution in [0.3, 0.4) is 0 Å². The molecular formula is C15H23N. The minimum atomic E-state index is 0.602. The molecule has 0 aromatic heterocycles. The van der Waals surface area contributed by atoms with Crippen molar-refractivity contribution in [2.75, 3.05) is 6.54 Å². The third-order valence-electron chi connectivity index (χ3n) is 3.67. The first kappa shape index (κ1) is 11.7. The van der Waals surface area contributed by atoms with Gasteiger partial charge in [0.2, 0.25) is 0 Å². The molecule has 1 aliphatic heterocycles. The minimum absolute atomic E-state index is 0.602. The molecule has 1 unspecified atom stereocenters. The SMILES string of the molecule is CC(C)C1c2ccccc2CCN1C(C)C. The summed E-state index contributed by atoms with van der Waals surface area (Å²) >= 11 is 0. The molecule has 1 aromatic rings. The van der Waals surface area contributed by atoms with E-state index >= 15 is 0 Å². The van der Waals surface area contributed by atoms with Crippen LogP contribution in [-0.4, -0.2) is 17.5 Å². The van der Waals surface area contributed by atoms with E-state index in [9.17, 15) is 0 Å². The van der Waals surface area contributed by atoms with Crippen LogP contribution in [0.25, 0.3) is 0 Å². The largest absolute Gasteiger partial charge is 0.293 e. The second-order valence-electron chi connectivity index (χ2n) is 5.47. The third kappa shape index (κ3) is 2.01. The molecule has 1 atom stereocenters. The Labute approximate surface area is 99.5 Å². The Morgan fingerprint density at radius 1 is 1.12 bits per heavy atom. The lowest BCUT2D eigenvalue weighted by molar-refractivity contribution is 0.108. The molecule has 0 radical (unpaired) electrons. The van der Waals surface area contributed by atoms with Crippen LogP contribution >= 0.6 is 0 Å².